The lowest BCUT2D eigenvalue weighted by Gasteiger charge is -2.06. The van der Waals surface area contributed by atoms with Crippen LogP contribution in [0.2, 0.25) is 0 Å². The van der Waals surface area contributed by atoms with Crippen LogP contribution in [0.1, 0.15) is 49.9 Å². The van der Waals surface area contributed by atoms with Crippen LogP contribution in [0.15, 0.2) is 40.9 Å². The molecule has 2 rings (SSSR count). The van der Waals surface area contributed by atoms with Crippen LogP contribution in [0.4, 0.5) is 5.69 Å². The van der Waals surface area contributed by atoms with Gasteiger partial charge >= 0.3 is 0 Å². The number of anilines is 1. The number of halogens is 1. The number of aryl methyl sites for hydroxylation is 4. The highest BCUT2D eigenvalue weighted by Crippen LogP contribution is 2.22. The summed E-state index contributed by atoms with van der Waals surface area (Å²) < 4.78 is 1.30. The molecule has 0 aliphatic heterocycles. The molecule has 22 heavy (non-hydrogen) atoms. The van der Waals surface area contributed by atoms with E-state index in [2.05, 4.69) is 80.0 Å². The molecule has 2 aromatic rings. The molecule has 0 amide bonds. The third kappa shape index (κ3) is 4.88. The molecule has 0 radical (unpaired) electrons. The second-order valence-corrected chi connectivity index (χ2v) is 6.09. The Morgan fingerprint density at radius 3 is 1.32 bits per heavy atom. The molecule has 1 nitrogen and oxygen atoms in total. The number of rotatable bonds is 4. The highest BCUT2D eigenvalue weighted by molar-refractivity contribution is 9.10. The monoisotopic (exact) mass is 361 g/mol. The number of para-hydroxylation sites is 1. The Balaban J connectivity index is 0.000000220. The van der Waals surface area contributed by atoms with Gasteiger partial charge in [0.25, 0.3) is 0 Å². The van der Waals surface area contributed by atoms with Gasteiger partial charge in [-0.3, -0.25) is 0 Å². The highest BCUT2D eigenvalue weighted by Gasteiger charge is 2.01. The van der Waals surface area contributed by atoms with Crippen LogP contribution in [-0.4, -0.2) is 0 Å². The van der Waals surface area contributed by atoms with Gasteiger partial charge in [0.1, 0.15) is 0 Å². The summed E-state index contributed by atoms with van der Waals surface area (Å²) in [6.45, 7) is 8.62. The van der Waals surface area contributed by atoms with Gasteiger partial charge in [0.05, 0.1) is 0 Å². The fourth-order valence-electron chi connectivity index (χ4n) is 2.46. The summed E-state index contributed by atoms with van der Waals surface area (Å²) in [6, 6.07) is 12.7. The first kappa shape index (κ1) is 18.8. The summed E-state index contributed by atoms with van der Waals surface area (Å²) in [6.07, 6.45) is 4.27. The molecule has 2 N–H and O–H groups in total. The zero-order valence-corrected chi connectivity index (χ0v) is 15.8. The molecule has 0 heterocycles. The summed E-state index contributed by atoms with van der Waals surface area (Å²) in [5, 5.41) is 0. The first-order valence-corrected chi connectivity index (χ1v) is 9.00. The standard InChI is InChI=1S/C10H13Br.C10H15N/c2*1-3-8-6-5-7-9(4-2)10(8)11/h5-7H,3-4H2,1-2H3;5-7H,3-4,11H2,1-2H3. The van der Waals surface area contributed by atoms with Crippen LogP contribution < -0.4 is 5.73 Å². The van der Waals surface area contributed by atoms with E-state index >= 15 is 0 Å². The van der Waals surface area contributed by atoms with Gasteiger partial charge in [-0.2, -0.15) is 0 Å². The minimum absolute atomic E-state index is 0.984. The smallest absolute Gasteiger partial charge is 0.0378 e. The number of nitrogen functional groups attached to an aromatic ring is 1. The largest absolute Gasteiger partial charge is 0.398 e. The van der Waals surface area contributed by atoms with Crippen molar-refractivity contribution in [3.63, 3.8) is 0 Å². The summed E-state index contributed by atoms with van der Waals surface area (Å²) in [7, 11) is 0. The SMILES string of the molecule is CCc1cccc(CC)c1Br.CCc1cccc(CC)c1N. The Bertz CT molecular complexity index is 492. The van der Waals surface area contributed by atoms with Crippen molar-refractivity contribution in [2.24, 2.45) is 0 Å². The van der Waals surface area contributed by atoms with E-state index in [1.165, 1.54) is 26.7 Å². The zero-order valence-electron chi connectivity index (χ0n) is 14.2. The Hall–Kier alpha value is -1.28. The maximum absolute atomic E-state index is 5.90. The highest BCUT2D eigenvalue weighted by atomic mass is 79.9. The molecule has 0 aliphatic rings. The predicted octanol–water partition coefficient (Wildman–Crippen LogP) is 5.97. The Morgan fingerprint density at radius 1 is 0.682 bits per heavy atom. The third-order valence-electron chi connectivity index (χ3n) is 3.97. The van der Waals surface area contributed by atoms with Gasteiger partial charge in [-0.15, -0.1) is 0 Å². The molecule has 0 spiro atoms. The lowest BCUT2D eigenvalue weighted by Crippen LogP contribution is -1.97. The van der Waals surface area contributed by atoms with E-state index in [1.54, 1.807) is 0 Å². The van der Waals surface area contributed by atoms with Gasteiger partial charge in [0.2, 0.25) is 0 Å². The molecular weight excluding hydrogens is 334 g/mol. The Labute approximate surface area is 144 Å². The van der Waals surface area contributed by atoms with Gasteiger partial charge in [-0.1, -0.05) is 80.0 Å². The Morgan fingerprint density at radius 2 is 1.00 bits per heavy atom. The molecular formula is C20H28BrN. The van der Waals surface area contributed by atoms with E-state index in [0.717, 1.165) is 31.4 Å². The van der Waals surface area contributed by atoms with Gasteiger partial charge in [-0.05, 0) is 47.9 Å². The van der Waals surface area contributed by atoms with Crippen LogP contribution in [0.25, 0.3) is 0 Å². The van der Waals surface area contributed by atoms with Crippen molar-refractivity contribution in [2.75, 3.05) is 5.73 Å². The van der Waals surface area contributed by atoms with Crippen molar-refractivity contribution in [1.82, 2.24) is 0 Å². The molecule has 0 aliphatic carbocycles. The third-order valence-corrected chi connectivity index (χ3v) is 4.99. The lowest BCUT2D eigenvalue weighted by molar-refractivity contribution is 1.07. The fourth-order valence-corrected chi connectivity index (χ4v) is 3.29. The summed E-state index contributed by atoms with van der Waals surface area (Å²) in [5.74, 6) is 0. The maximum Gasteiger partial charge on any atom is 0.0378 e. The van der Waals surface area contributed by atoms with Crippen molar-refractivity contribution in [1.29, 1.82) is 0 Å². The number of nitrogens with two attached hydrogens (primary N) is 1. The normalized spacial score (nSPS) is 10.0. The zero-order chi connectivity index (χ0) is 16.5. The minimum atomic E-state index is 0.984. The number of hydrogen-bond acceptors (Lipinski definition) is 1. The molecule has 0 aromatic heterocycles. The molecule has 0 bridgehead atoms. The van der Waals surface area contributed by atoms with E-state index in [1.807, 2.05) is 0 Å². The van der Waals surface area contributed by atoms with Gasteiger partial charge < -0.3 is 5.73 Å². The first-order valence-electron chi connectivity index (χ1n) is 8.21. The van der Waals surface area contributed by atoms with Crippen molar-refractivity contribution < 1.29 is 0 Å². The molecule has 0 saturated heterocycles. The quantitative estimate of drug-likeness (QED) is 0.667. The summed E-state index contributed by atoms with van der Waals surface area (Å²) >= 11 is 3.60. The summed E-state index contributed by atoms with van der Waals surface area (Å²) in [4.78, 5) is 0. The topological polar surface area (TPSA) is 26.0 Å². The van der Waals surface area contributed by atoms with Crippen molar-refractivity contribution in [2.45, 2.75) is 53.4 Å². The predicted molar refractivity (Wildman–Crippen MR) is 103 cm³/mol. The van der Waals surface area contributed by atoms with E-state index in [4.69, 9.17) is 5.73 Å². The van der Waals surface area contributed by atoms with Crippen LogP contribution in [-0.2, 0) is 25.7 Å². The van der Waals surface area contributed by atoms with Crippen LogP contribution in [0, 0.1) is 0 Å². The molecule has 0 saturated carbocycles. The second-order valence-electron chi connectivity index (χ2n) is 5.29. The second kappa shape index (κ2) is 9.68. The van der Waals surface area contributed by atoms with E-state index in [0.29, 0.717) is 0 Å². The van der Waals surface area contributed by atoms with Gasteiger partial charge in [0.15, 0.2) is 0 Å². The lowest BCUT2D eigenvalue weighted by atomic mass is 10.0. The minimum Gasteiger partial charge on any atom is -0.398 e. The molecule has 0 fully saturated rings. The van der Waals surface area contributed by atoms with Crippen LogP contribution in [0.3, 0.4) is 0 Å². The van der Waals surface area contributed by atoms with Crippen molar-refractivity contribution >= 4 is 21.6 Å². The molecule has 120 valence electrons. The molecule has 2 aromatic carbocycles. The summed E-state index contributed by atoms with van der Waals surface area (Å²) in [5.41, 5.74) is 12.2. The Kier molecular flexibility index (Phi) is 8.26. The van der Waals surface area contributed by atoms with Crippen LogP contribution >= 0.6 is 15.9 Å². The number of hydrogen-bond donors (Lipinski definition) is 1. The van der Waals surface area contributed by atoms with E-state index in [9.17, 15) is 0 Å². The molecule has 0 unspecified atom stereocenters. The number of benzene rings is 2. The maximum atomic E-state index is 5.90. The van der Waals surface area contributed by atoms with Gasteiger partial charge in [0, 0.05) is 10.2 Å². The van der Waals surface area contributed by atoms with Crippen molar-refractivity contribution in [3.05, 3.63) is 63.1 Å². The average molecular weight is 362 g/mol. The van der Waals surface area contributed by atoms with Crippen molar-refractivity contribution in [3.8, 4) is 0 Å². The fraction of sp³-hybridized carbons (Fsp3) is 0.400. The first-order chi connectivity index (χ1) is 10.6. The van der Waals surface area contributed by atoms with E-state index < -0.39 is 0 Å². The molecule has 2 heteroatoms. The van der Waals surface area contributed by atoms with Gasteiger partial charge in [-0.25, -0.2) is 0 Å². The average Bonchev–Trinajstić information content (AvgIpc) is 2.56. The molecule has 0 atom stereocenters. The van der Waals surface area contributed by atoms with Crippen LogP contribution in [0.5, 0.6) is 0 Å². The van der Waals surface area contributed by atoms with E-state index in [-0.39, 0.29) is 0 Å².